The Morgan fingerprint density at radius 1 is 0.867 bits per heavy atom. The second-order valence-electron chi connectivity index (χ2n) is 21.9. The van der Waals surface area contributed by atoms with Crippen molar-refractivity contribution in [2.75, 3.05) is 19.8 Å². The summed E-state index contributed by atoms with van der Waals surface area (Å²) < 4.78 is 36.8. The number of fused-ring (bicyclic) bond motifs is 5. The molecule has 7 rings (SSSR count). The summed E-state index contributed by atoms with van der Waals surface area (Å²) in [6, 6.07) is 14.5. The Morgan fingerprint density at radius 2 is 1.51 bits per heavy atom. The van der Waals surface area contributed by atoms with E-state index in [1.54, 1.807) is 90.1 Å². The Morgan fingerprint density at radius 3 is 2.11 bits per heavy atom. The first-order valence-electron chi connectivity index (χ1n) is 25.7. The summed E-state index contributed by atoms with van der Waals surface area (Å²) in [5, 5.41) is 41.0. The predicted octanol–water partition coefficient (Wildman–Crippen LogP) is 5.12. The van der Waals surface area contributed by atoms with Gasteiger partial charge in [0.25, 0.3) is 11.8 Å². The number of ketones is 2. The van der Waals surface area contributed by atoms with E-state index in [0.717, 1.165) is 4.90 Å². The van der Waals surface area contributed by atoms with Crippen LogP contribution in [0.5, 0.6) is 0 Å². The fourth-order valence-electron chi connectivity index (χ4n) is 11.7. The molecule has 3 aliphatic carbocycles. The summed E-state index contributed by atoms with van der Waals surface area (Å²) in [4.78, 5) is 110. The highest BCUT2D eigenvalue weighted by Crippen LogP contribution is 2.64. The van der Waals surface area contributed by atoms with Gasteiger partial charge in [0.2, 0.25) is 6.10 Å². The second-order valence-corrected chi connectivity index (χ2v) is 21.9. The number of carbonyl (C=O) groups is 8. The van der Waals surface area contributed by atoms with Crippen molar-refractivity contribution in [2.45, 2.75) is 166 Å². The fourth-order valence-corrected chi connectivity index (χ4v) is 11.7. The number of hydrogen-bond donors (Lipinski definition) is 4. The molecule has 2 bridgehead atoms. The van der Waals surface area contributed by atoms with Crippen molar-refractivity contribution < 1.29 is 82.1 Å². The van der Waals surface area contributed by atoms with E-state index >= 15 is 9.59 Å². The highest BCUT2D eigenvalue weighted by atomic mass is 16.6. The fraction of sp³-hybridized carbons (Fsp3) is 0.571. The molecule has 2 aromatic rings. The van der Waals surface area contributed by atoms with Crippen molar-refractivity contribution in [2.24, 2.45) is 16.7 Å². The number of ether oxygens (including phenoxy) is 6. The number of alkyl carbamates (subject to hydrolysis) is 1. The third-order valence-electron chi connectivity index (χ3n) is 15.7. The molecule has 3 amide bonds. The molecule has 0 spiro atoms. The zero-order chi connectivity index (χ0) is 54.8. The van der Waals surface area contributed by atoms with Crippen LogP contribution in [-0.2, 0) is 57.2 Å². The molecule has 19 heteroatoms. The number of benzene rings is 2. The number of imide groups is 1. The lowest BCUT2D eigenvalue weighted by Gasteiger charge is -2.68. The van der Waals surface area contributed by atoms with Crippen LogP contribution in [0.2, 0.25) is 0 Å². The number of esters is 3. The highest BCUT2D eigenvalue weighted by molar-refractivity contribution is 6.12. The molecule has 0 aromatic heterocycles. The third kappa shape index (κ3) is 11.1. The maximum absolute atomic E-state index is 15.3. The number of nitrogens with zero attached hydrogens (tertiary/aromatic N) is 1. The van der Waals surface area contributed by atoms with Gasteiger partial charge < -0.3 is 49.1 Å². The summed E-state index contributed by atoms with van der Waals surface area (Å²) in [6.07, 6.45) is -8.10. The number of unbranched alkanes of at least 4 members (excludes halogenated alkanes) is 2. The average molecular weight is 1040 g/mol. The van der Waals surface area contributed by atoms with Gasteiger partial charge in [-0.2, -0.15) is 0 Å². The predicted molar refractivity (Wildman–Crippen MR) is 266 cm³/mol. The molecule has 11 atom stereocenters. The molecule has 4 N–H and O–H groups in total. The van der Waals surface area contributed by atoms with Crippen molar-refractivity contribution in [3.8, 4) is 0 Å². The molecule has 2 aromatic carbocycles. The topological polar surface area (TPSA) is 268 Å². The van der Waals surface area contributed by atoms with Crippen molar-refractivity contribution in [3.05, 3.63) is 95.1 Å². The van der Waals surface area contributed by atoms with E-state index in [1.165, 1.54) is 38.1 Å². The van der Waals surface area contributed by atoms with Gasteiger partial charge in [0.05, 0.1) is 36.2 Å². The van der Waals surface area contributed by atoms with Crippen molar-refractivity contribution in [3.63, 3.8) is 0 Å². The second kappa shape index (κ2) is 22.2. The summed E-state index contributed by atoms with van der Waals surface area (Å²) in [6.45, 7) is 12.9. The molecule has 5 aliphatic rings. The molecule has 1 unspecified atom stereocenters. The lowest BCUT2D eigenvalue weighted by Crippen LogP contribution is -2.81. The number of aliphatic hydroxyl groups excluding tert-OH is 2. The Labute approximate surface area is 436 Å². The molecule has 2 saturated carbocycles. The average Bonchev–Trinajstić information content (AvgIpc) is 3.68. The van der Waals surface area contributed by atoms with E-state index in [4.69, 9.17) is 28.4 Å². The lowest BCUT2D eigenvalue weighted by molar-refractivity contribution is -0.356. The quantitative estimate of drug-likeness (QED) is 0.0468. The van der Waals surface area contributed by atoms with Crippen LogP contribution in [0.1, 0.15) is 129 Å². The standard InChI is InChI=1S/C56H70N2O17/c1-9-71-55-31-70-38(55)29-37(60)54(8)46(55)48(74-49(66)34-21-15-11-16-22-34)56(69)30-36(32(2)42(53(56,6)7)44(64)47(54)65)72-50(67)45(43(33-19-13-10-14-20-33)57-51(68)75-52(3,4)5)73-41(63)27-24-35(59)23-17-12-18-28-58-39(61)25-26-40(58)62/h10-11,13-16,19-22,25-26,36-38,43-46,48,60,64,69H,9,12,17-18,23-24,27-31H2,1-8H3,(H,57,68)/t36-,37-,38+,43-,44+,45+,46?,48-,54+,55-,56+/m0/s1. The number of aliphatic hydroxyl groups is 3. The first kappa shape index (κ1) is 56.6. The van der Waals surface area contributed by atoms with Crippen LogP contribution in [0, 0.1) is 16.7 Å². The molecule has 2 aliphatic heterocycles. The molecule has 0 radical (unpaired) electrons. The van der Waals surface area contributed by atoms with Crippen LogP contribution >= 0.6 is 0 Å². The van der Waals surface area contributed by atoms with Gasteiger partial charge >= 0.3 is 24.0 Å². The number of Topliss-reactive ketones (excluding diaryl/α,β-unsaturated/α-hetero) is 2. The van der Waals surface area contributed by atoms with Crippen LogP contribution in [0.25, 0.3) is 0 Å². The number of carbonyl (C=O) groups excluding carboxylic acids is 8. The van der Waals surface area contributed by atoms with Crippen molar-refractivity contribution in [1.29, 1.82) is 0 Å². The Kier molecular flexibility index (Phi) is 16.8. The van der Waals surface area contributed by atoms with Crippen LogP contribution in [0.4, 0.5) is 4.79 Å². The van der Waals surface area contributed by atoms with Crippen molar-refractivity contribution >= 4 is 47.4 Å². The maximum Gasteiger partial charge on any atom is 0.408 e. The number of amides is 3. The van der Waals surface area contributed by atoms with E-state index in [-0.39, 0.29) is 67.1 Å². The lowest BCUT2D eigenvalue weighted by atomic mass is 9.44. The van der Waals surface area contributed by atoms with Gasteiger partial charge in [-0.1, -0.05) is 68.8 Å². The van der Waals surface area contributed by atoms with Gasteiger partial charge in [0, 0.05) is 62.3 Å². The Hall–Kier alpha value is -6.12. The van der Waals surface area contributed by atoms with E-state index in [2.05, 4.69) is 5.32 Å². The first-order chi connectivity index (χ1) is 35.3. The van der Waals surface area contributed by atoms with E-state index in [0.29, 0.717) is 19.3 Å². The monoisotopic (exact) mass is 1040 g/mol. The minimum Gasteiger partial charge on any atom is -0.455 e. The minimum atomic E-state index is -2.35. The molecule has 2 heterocycles. The van der Waals surface area contributed by atoms with Crippen molar-refractivity contribution in [1.82, 2.24) is 10.2 Å². The summed E-state index contributed by atoms with van der Waals surface area (Å²) in [7, 11) is 0. The minimum absolute atomic E-state index is 0.0716. The Bertz CT molecular complexity index is 2570. The van der Waals surface area contributed by atoms with E-state index < -0.39 is 131 Å². The van der Waals surface area contributed by atoms with E-state index in [1.807, 2.05) is 0 Å². The highest BCUT2D eigenvalue weighted by Gasteiger charge is 2.77. The number of hydrogen-bond acceptors (Lipinski definition) is 17. The van der Waals surface area contributed by atoms with Gasteiger partial charge in [-0.3, -0.25) is 28.9 Å². The third-order valence-corrected chi connectivity index (χ3v) is 15.7. The van der Waals surface area contributed by atoms with Crippen LogP contribution < -0.4 is 5.32 Å². The first-order valence-corrected chi connectivity index (χ1v) is 25.7. The molecule has 19 nitrogen and oxygen atoms in total. The summed E-state index contributed by atoms with van der Waals surface area (Å²) >= 11 is 0. The zero-order valence-corrected chi connectivity index (χ0v) is 43.8. The molecule has 75 heavy (non-hydrogen) atoms. The van der Waals surface area contributed by atoms with Gasteiger partial charge in [-0.25, -0.2) is 14.4 Å². The van der Waals surface area contributed by atoms with Crippen LogP contribution in [0.15, 0.2) is 84.0 Å². The smallest absolute Gasteiger partial charge is 0.408 e. The summed E-state index contributed by atoms with van der Waals surface area (Å²) in [5.41, 5.74) is -7.96. The molecule has 1 saturated heterocycles. The normalized spacial score (nSPS) is 29.6. The van der Waals surface area contributed by atoms with Gasteiger partial charge in [-0.05, 0) is 83.2 Å². The number of rotatable bonds is 19. The van der Waals surface area contributed by atoms with Crippen LogP contribution in [0.3, 0.4) is 0 Å². The summed E-state index contributed by atoms with van der Waals surface area (Å²) in [5.74, 6) is -6.47. The maximum atomic E-state index is 15.3. The molecule has 406 valence electrons. The van der Waals surface area contributed by atoms with Gasteiger partial charge in [-0.15, -0.1) is 0 Å². The van der Waals surface area contributed by atoms with E-state index in [9.17, 15) is 44.1 Å². The van der Waals surface area contributed by atoms with Gasteiger partial charge in [0.15, 0.2) is 5.78 Å². The molecule has 3 fully saturated rings. The number of nitrogens with one attached hydrogen (secondary N) is 1. The molecular weight excluding hydrogens is 973 g/mol. The van der Waals surface area contributed by atoms with Crippen LogP contribution in [-0.4, -0.2) is 141 Å². The Balaban J connectivity index is 1.24. The SMILES string of the molecule is CCO[C@@]12CO[C@@H]1C[C@H](O)[C@@]1(C)C(=O)[C@H](O)C3=C(C)[C@@H](OC(=O)[C@H](OC(=O)CCC(=O)CCCCCN4C(=O)C=CC4=O)[C@@H](NC(=O)OC(C)(C)C)c4ccccc4)C[C@@](O)([C@@H](OC(=O)c4ccccc4)C12)C3(C)C. The molecular formula is C56H70N2O17. The van der Waals surface area contributed by atoms with Gasteiger partial charge in [0.1, 0.15) is 46.9 Å². The largest absolute Gasteiger partial charge is 0.455 e. The zero-order valence-electron chi connectivity index (χ0n) is 43.8.